The summed E-state index contributed by atoms with van der Waals surface area (Å²) in [7, 11) is 1.38. The van der Waals surface area contributed by atoms with Crippen molar-refractivity contribution in [2.24, 2.45) is 5.92 Å². The molecule has 1 aromatic heterocycles. The van der Waals surface area contributed by atoms with Crippen molar-refractivity contribution in [2.45, 2.75) is 77.0 Å². The van der Waals surface area contributed by atoms with Crippen LogP contribution >= 0.6 is 0 Å². The summed E-state index contributed by atoms with van der Waals surface area (Å²) in [5, 5.41) is 9.44. The second-order valence-electron chi connectivity index (χ2n) is 13.6. The van der Waals surface area contributed by atoms with Crippen molar-refractivity contribution < 1.29 is 36.4 Å². The fourth-order valence-corrected chi connectivity index (χ4v) is 7.25. The first-order chi connectivity index (χ1) is 24.1. The Labute approximate surface area is 300 Å². The van der Waals surface area contributed by atoms with Gasteiger partial charge in [0.25, 0.3) is 5.91 Å². The molecule has 15 heteroatoms. The smallest absolute Gasteiger partial charge is 0.323 e. The summed E-state index contributed by atoms with van der Waals surface area (Å²) in [6.45, 7) is 10.5. The maximum atomic E-state index is 14.7. The monoisotopic (exact) mass is 730 g/mol. The zero-order valence-corrected chi connectivity index (χ0v) is 31.5. The maximum Gasteiger partial charge on any atom is 0.323 e. The van der Waals surface area contributed by atoms with Crippen molar-refractivity contribution in [3.05, 3.63) is 65.3 Å². The molecule has 0 saturated heterocycles. The molecule has 0 radical (unpaired) electrons. The summed E-state index contributed by atoms with van der Waals surface area (Å²) < 4.78 is 59.6. The van der Waals surface area contributed by atoms with Gasteiger partial charge < -0.3 is 34.4 Å². The summed E-state index contributed by atoms with van der Waals surface area (Å²) in [6.07, 6.45) is 1.40. The van der Waals surface area contributed by atoms with E-state index < -0.39 is 28.0 Å². The number of sulfonamides is 1. The van der Waals surface area contributed by atoms with E-state index in [4.69, 9.17) is 14.0 Å². The van der Waals surface area contributed by atoms with Crippen LogP contribution in [0.25, 0.3) is 0 Å². The Hall–Kier alpha value is -4.05. The highest BCUT2D eigenvalue weighted by molar-refractivity contribution is 7.89. The lowest BCUT2D eigenvalue weighted by molar-refractivity contribution is -0.00686. The second kappa shape index (κ2) is 17.4. The summed E-state index contributed by atoms with van der Waals surface area (Å²) in [4.78, 5) is 31.4. The van der Waals surface area contributed by atoms with Crippen LogP contribution in [0, 0.1) is 25.6 Å². The number of urea groups is 1. The Morgan fingerprint density at radius 3 is 2.43 bits per heavy atom. The number of carbonyl (C=O) groups excluding carboxylic acids is 2. The molecule has 4 rings (SSSR count). The van der Waals surface area contributed by atoms with Crippen LogP contribution < -0.4 is 15.4 Å². The minimum absolute atomic E-state index is 0.0215. The molecule has 0 aliphatic carbocycles. The highest BCUT2D eigenvalue weighted by atomic mass is 32.2. The first-order valence-corrected chi connectivity index (χ1v) is 18.6. The molecule has 13 nitrogen and oxygen atoms in total. The number of anilines is 2. The zero-order chi connectivity index (χ0) is 37.5. The molecule has 3 amide bonds. The van der Waals surface area contributed by atoms with Gasteiger partial charge >= 0.3 is 6.03 Å². The Balaban J connectivity index is 1.67. The van der Waals surface area contributed by atoms with Crippen molar-refractivity contribution in [3.8, 4) is 5.75 Å². The minimum Gasteiger partial charge on any atom is -0.490 e. The Morgan fingerprint density at radius 1 is 1.08 bits per heavy atom. The lowest BCUT2D eigenvalue weighted by atomic mass is 10.0. The third-order valence-corrected chi connectivity index (χ3v) is 10.7. The quantitative estimate of drug-likeness (QED) is 0.281. The number of carbonyl (C=O) groups is 2. The van der Waals surface area contributed by atoms with Crippen LogP contribution in [0.2, 0.25) is 0 Å². The average molecular weight is 731 g/mol. The maximum absolute atomic E-state index is 14.7. The van der Waals surface area contributed by atoms with Crippen molar-refractivity contribution in [2.75, 3.05) is 58.0 Å². The number of hydrogen-bond acceptors (Lipinski definition) is 9. The third-order valence-electron chi connectivity index (χ3n) is 8.91. The summed E-state index contributed by atoms with van der Waals surface area (Å²) in [5.74, 6) is -0.283. The van der Waals surface area contributed by atoms with Crippen molar-refractivity contribution in [1.82, 2.24) is 19.3 Å². The molecule has 0 spiro atoms. The molecular formula is C36H51FN6O7S. The van der Waals surface area contributed by atoms with Crippen LogP contribution in [0.3, 0.4) is 0 Å². The molecule has 1 aliphatic rings. The van der Waals surface area contributed by atoms with Crippen molar-refractivity contribution in [3.63, 3.8) is 0 Å². The van der Waals surface area contributed by atoms with E-state index in [0.717, 1.165) is 25.0 Å². The number of benzene rings is 2. The molecule has 0 fully saturated rings. The van der Waals surface area contributed by atoms with E-state index in [2.05, 4.69) is 15.8 Å². The zero-order valence-electron chi connectivity index (χ0n) is 30.7. The molecule has 0 unspecified atom stereocenters. The van der Waals surface area contributed by atoms with Crippen LogP contribution in [0.15, 0.2) is 51.9 Å². The summed E-state index contributed by atoms with van der Waals surface area (Å²) in [6, 6.07) is 8.91. The molecule has 0 bridgehead atoms. The number of hydrogen-bond donors (Lipinski definition) is 2. The second-order valence-corrected chi connectivity index (χ2v) is 15.7. The lowest BCUT2D eigenvalue weighted by Crippen LogP contribution is -2.49. The molecular weight excluding hydrogens is 679 g/mol. The first kappa shape index (κ1) is 39.7. The predicted octanol–water partition coefficient (Wildman–Crippen LogP) is 5.76. The molecule has 0 saturated carbocycles. The standard InChI is InChI=1S/C36H51FN6O7S/c1-23-20-43(24(2)21-41(6)7)35(44)31-19-29(38-36(45)39-34-26(4)40-50-27(34)5)14-17-32(31)49-25(3)11-9-10-18-48-33(23)22-42(8)51(46,47)30-15-12-28(37)13-16-30/h12-17,19,23-25,33H,9-11,18,20-22H2,1-8H3,(H2,38,39,45)/t23-,24+,25+,33+/m1/s1. The largest absolute Gasteiger partial charge is 0.490 e. The first-order valence-electron chi connectivity index (χ1n) is 17.2. The van der Waals surface area contributed by atoms with E-state index in [1.54, 1.807) is 36.9 Å². The summed E-state index contributed by atoms with van der Waals surface area (Å²) >= 11 is 0. The lowest BCUT2D eigenvalue weighted by Gasteiger charge is -2.37. The summed E-state index contributed by atoms with van der Waals surface area (Å²) in [5.41, 5.74) is 1.65. The molecule has 3 aromatic rings. The normalized spacial score (nSPS) is 20.0. The van der Waals surface area contributed by atoms with Gasteiger partial charge in [-0.2, -0.15) is 4.31 Å². The number of fused-ring (bicyclic) bond motifs is 1. The van der Waals surface area contributed by atoms with E-state index in [1.165, 1.54) is 23.5 Å². The predicted molar refractivity (Wildman–Crippen MR) is 193 cm³/mol. The van der Waals surface area contributed by atoms with E-state index >= 15 is 0 Å². The van der Waals surface area contributed by atoms with Crippen LogP contribution in [-0.2, 0) is 14.8 Å². The van der Waals surface area contributed by atoms with Gasteiger partial charge in [0.05, 0.1) is 22.7 Å². The average Bonchev–Trinajstić information content (AvgIpc) is 3.38. The van der Waals surface area contributed by atoms with Crippen molar-refractivity contribution >= 4 is 33.3 Å². The van der Waals surface area contributed by atoms with Gasteiger partial charge in [-0.25, -0.2) is 17.6 Å². The number of nitrogens with zero attached hydrogens (tertiary/aromatic N) is 4. The minimum atomic E-state index is -3.95. The van der Waals surface area contributed by atoms with Gasteiger partial charge in [0.2, 0.25) is 10.0 Å². The van der Waals surface area contributed by atoms with Gasteiger partial charge in [0.1, 0.15) is 22.9 Å². The van der Waals surface area contributed by atoms with E-state index in [-0.39, 0.29) is 47.5 Å². The number of aryl methyl sites for hydroxylation is 2. The van der Waals surface area contributed by atoms with Gasteiger partial charge in [0.15, 0.2) is 5.76 Å². The molecule has 2 N–H and O–H groups in total. The van der Waals surface area contributed by atoms with E-state index in [1.807, 2.05) is 39.8 Å². The molecule has 2 heterocycles. The topological polar surface area (TPSA) is 147 Å². The van der Waals surface area contributed by atoms with E-state index in [9.17, 15) is 22.4 Å². The number of amides is 3. The van der Waals surface area contributed by atoms with Crippen LogP contribution in [0.1, 0.15) is 61.8 Å². The molecule has 2 aromatic carbocycles. The van der Waals surface area contributed by atoms with Crippen LogP contribution in [0.5, 0.6) is 5.75 Å². The molecule has 4 atom stereocenters. The number of likely N-dealkylation sites (N-methyl/N-ethyl adjacent to an activating group) is 2. The Morgan fingerprint density at radius 2 is 1.78 bits per heavy atom. The van der Waals surface area contributed by atoms with Gasteiger partial charge in [0, 0.05) is 50.9 Å². The Bertz CT molecular complexity index is 1730. The molecule has 280 valence electrons. The number of aromatic nitrogens is 1. The fourth-order valence-electron chi connectivity index (χ4n) is 6.07. The fraction of sp³-hybridized carbons (Fsp3) is 0.528. The number of rotatable bonds is 9. The van der Waals surface area contributed by atoms with Crippen molar-refractivity contribution in [1.29, 1.82) is 0 Å². The van der Waals surface area contributed by atoms with Crippen LogP contribution in [0.4, 0.5) is 20.6 Å². The Kier molecular flexibility index (Phi) is 13.6. The highest BCUT2D eigenvalue weighted by Crippen LogP contribution is 2.29. The van der Waals surface area contributed by atoms with Gasteiger partial charge in [-0.3, -0.25) is 4.79 Å². The molecule has 1 aliphatic heterocycles. The van der Waals surface area contributed by atoms with Gasteiger partial charge in [-0.15, -0.1) is 0 Å². The number of halogens is 1. The molecule has 51 heavy (non-hydrogen) atoms. The SMILES string of the molecule is Cc1noc(C)c1NC(=O)Nc1ccc2c(c1)C(=O)N([C@@H](C)CN(C)C)C[C@@H](C)[C@H](CN(C)S(=O)(=O)c1ccc(F)cc1)OCCCC[C@H](C)O2. The third kappa shape index (κ3) is 10.5. The highest BCUT2D eigenvalue weighted by Gasteiger charge is 2.33. The number of nitrogens with one attached hydrogen (secondary N) is 2. The van der Waals surface area contributed by atoms with E-state index in [0.29, 0.717) is 48.2 Å². The van der Waals surface area contributed by atoms with Gasteiger partial charge in [-0.1, -0.05) is 12.1 Å². The number of ether oxygens (including phenoxy) is 2. The van der Waals surface area contributed by atoms with Crippen LogP contribution in [-0.4, -0.2) is 105 Å². The van der Waals surface area contributed by atoms with Gasteiger partial charge in [-0.05, 0) is 104 Å².